The first-order valence-electron chi connectivity index (χ1n) is 7.72. The summed E-state index contributed by atoms with van der Waals surface area (Å²) in [5.41, 5.74) is 1.04. The molecule has 4 heteroatoms. The molecule has 0 saturated heterocycles. The molecule has 1 heterocycles. The third kappa shape index (κ3) is 5.24. The molecule has 0 spiro atoms. The van der Waals surface area contributed by atoms with Crippen molar-refractivity contribution in [3.63, 3.8) is 0 Å². The van der Waals surface area contributed by atoms with Gasteiger partial charge in [-0.2, -0.15) is 5.26 Å². The minimum absolute atomic E-state index is 0.191. The molecule has 1 aliphatic heterocycles. The average Bonchev–Trinajstić information content (AvgIpc) is 2.57. The van der Waals surface area contributed by atoms with Gasteiger partial charge < -0.3 is 9.64 Å². The van der Waals surface area contributed by atoms with Crippen LogP contribution in [0.4, 0.5) is 0 Å². The molecule has 0 saturated carbocycles. The van der Waals surface area contributed by atoms with Crippen molar-refractivity contribution in [2.45, 2.75) is 58.3 Å². The van der Waals surface area contributed by atoms with E-state index in [2.05, 4.69) is 6.92 Å². The monoisotopic (exact) mass is 278 g/mol. The predicted molar refractivity (Wildman–Crippen MR) is 78.8 cm³/mol. The van der Waals surface area contributed by atoms with Crippen molar-refractivity contribution >= 4 is 5.97 Å². The molecule has 112 valence electrons. The van der Waals surface area contributed by atoms with E-state index in [1.165, 1.54) is 32.1 Å². The lowest BCUT2D eigenvalue weighted by atomic mass is 10.0. The van der Waals surface area contributed by atoms with Gasteiger partial charge in [-0.25, -0.2) is 4.79 Å². The number of hydrogen-bond donors (Lipinski definition) is 0. The van der Waals surface area contributed by atoms with Crippen molar-refractivity contribution in [2.24, 2.45) is 0 Å². The van der Waals surface area contributed by atoms with Crippen LogP contribution in [0.2, 0.25) is 0 Å². The van der Waals surface area contributed by atoms with E-state index >= 15 is 0 Å². The Morgan fingerprint density at radius 2 is 1.85 bits per heavy atom. The Labute approximate surface area is 122 Å². The maximum absolute atomic E-state index is 11.7. The molecule has 0 aromatic carbocycles. The highest BCUT2D eigenvalue weighted by Crippen LogP contribution is 2.20. The zero-order chi connectivity index (χ0) is 14.8. The Kier molecular flexibility index (Phi) is 7.79. The van der Waals surface area contributed by atoms with Gasteiger partial charge in [0.2, 0.25) is 0 Å². The second-order valence-corrected chi connectivity index (χ2v) is 5.36. The molecule has 4 nitrogen and oxygen atoms in total. The van der Waals surface area contributed by atoms with Crippen LogP contribution < -0.4 is 0 Å². The Balaban J connectivity index is 2.42. The number of rotatable bonds is 8. The summed E-state index contributed by atoms with van der Waals surface area (Å²) in [5.74, 6) is -0.463. The summed E-state index contributed by atoms with van der Waals surface area (Å²) in [7, 11) is 1.93. The van der Waals surface area contributed by atoms with Crippen LogP contribution in [0.1, 0.15) is 58.3 Å². The highest BCUT2D eigenvalue weighted by molar-refractivity contribution is 5.93. The number of carbonyl (C=O) groups excluding carboxylic acids is 1. The largest absolute Gasteiger partial charge is 0.460 e. The molecule has 20 heavy (non-hydrogen) atoms. The molecular weight excluding hydrogens is 252 g/mol. The summed E-state index contributed by atoms with van der Waals surface area (Å²) in [6, 6.07) is 2.01. The van der Waals surface area contributed by atoms with Gasteiger partial charge in [0.1, 0.15) is 12.7 Å². The molecule has 0 unspecified atom stereocenters. The van der Waals surface area contributed by atoms with Gasteiger partial charge in [-0.05, 0) is 12.8 Å². The number of nitrogens with zero attached hydrogens (tertiary/aromatic N) is 2. The standard InChI is InChI=1S/C16H26N2O2/c1-3-4-5-6-7-8-9-10-15-14(13-17)16(19)20-12-11-18(15)2/h3-12H2,1-2H3. The molecule has 0 aromatic rings. The number of hydrogen-bond acceptors (Lipinski definition) is 4. The molecule has 0 amide bonds. The van der Waals surface area contributed by atoms with E-state index in [9.17, 15) is 4.79 Å². The van der Waals surface area contributed by atoms with Crippen LogP contribution >= 0.6 is 0 Å². The number of ether oxygens (including phenoxy) is 1. The van der Waals surface area contributed by atoms with Crippen molar-refractivity contribution in [1.29, 1.82) is 5.26 Å². The van der Waals surface area contributed by atoms with Gasteiger partial charge in [-0.1, -0.05) is 45.4 Å². The predicted octanol–water partition coefficient (Wildman–Crippen LogP) is 3.39. The van der Waals surface area contributed by atoms with Gasteiger partial charge in [0, 0.05) is 12.7 Å². The Morgan fingerprint density at radius 1 is 1.20 bits per heavy atom. The van der Waals surface area contributed by atoms with Crippen LogP contribution in [0, 0.1) is 11.3 Å². The topological polar surface area (TPSA) is 53.3 Å². The van der Waals surface area contributed by atoms with E-state index in [0.717, 1.165) is 25.0 Å². The van der Waals surface area contributed by atoms with E-state index in [4.69, 9.17) is 10.00 Å². The molecule has 0 aliphatic carbocycles. The highest BCUT2D eigenvalue weighted by atomic mass is 16.5. The molecule has 1 rings (SSSR count). The second kappa shape index (κ2) is 9.41. The molecule has 0 N–H and O–H groups in total. The minimum Gasteiger partial charge on any atom is -0.460 e. The smallest absolute Gasteiger partial charge is 0.350 e. The molecule has 0 fully saturated rings. The van der Waals surface area contributed by atoms with Crippen LogP contribution in [0.25, 0.3) is 0 Å². The van der Waals surface area contributed by atoms with Gasteiger partial charge in [0.25, 0.3) is 0 Å². The quantitative estimate of drug-likeness (QED) is 0.504. The lowest BCUT2D eigenvalue weighted by molar-refractivity contribution is -0.138. The van der Waals surface area contributed by atoms with Crippen molar-refractivity contribution in [2.75, 3.05) is 20.2 Å². The Morgan fingerprint density at radius 3 is 2.50 bits per heavy atom. The van der Waals surface area contributed by atoms with Crippen LogP contribution in [-0.2, 0) is 9.53 Å². The number of likely N-dealkylation sites (N-methyl/N-ethyl adjacent to an activating group) is 1. The number of cyclic esters (lactones) is 1. The Hall–Kier alpha value is -1.50. The van der Waals surface area contributed by atoms with E-state index in [1.807, 2.05) is 18.0 Å². The van der Waals surface area contributed by atoms with Crippen molar-refractivity contribution in [3.05, 3.63) is 11.3 Å². The number of esters is 1. The fourth-order valence-corrected chi connectivity index (χ4v) is 2.47. The third-order valence-electron chi connectivity index (χ3n) is 3.74. The maximum atomic E-state index is 11.7. The molecule has 0 radical (unpaired) electrons. The zero-order valence-electron chi connectivity index (χ0n) is 12.8. The average molecular weight is 278 g/mol. The van der Waals surface area contributed by atoms with Crippen LogP contribution in [-0.4, -0.2) is 31.1 Å². The summed E-state index contributed by atoms with van der Waals surface area (Å²) >= 11 is 0. The van der Waals surface area contributed by atoms with Gasteiger partial charge in [-0.15, -0.1) is 0 Å². The summed E-state index contributed by atoms with van der Waals surface area (Å²) in [6.07, 6.45) is 9.42. The van der Waals surface area contributed by atoms with Crippen molar-refractivity contribution in [1.82, 2.24) is 4.90 Å². The van der Waals surface area contributed by atoms with Crippen molar-refractivity contribution in [3.8, 4) is 6.07 Å². The number of nitriles is 1. The van der Waals surface area contributed by atoms with Gasteiger partial charge in [-0.3, -0.25) is 0 Å². The number of allylic oxidation sites excluding steroid dienone is 1. The molecular formula is C16H26N2O2. The number of unbranched alkanes of at least 4 members (excludes halogenated alkanes) is 6. The lowest BCUT2D eigenvalue weighted by Crippen LogP contribution is -2.21. The van der Waals surface area contributed by atoms with Gasteiger partial charge in [0.15, 0.2) is 5.57 Å². The third-order valence-corrected chi connectivity index (χ3v) is 3.74. The Bertz CT molecular complexity index is 382. The first-order chi connectivity index (χ1) is 9.70. The molecule has 0 aromatic heterocycles. The fraction of sp³-hybridized carbons (Fsp3) is 0.750. The maximum Gasteiger partial charge on any atom is 0.350 e. The van der Waals surface area contributed by atoms with Crippen molar-refractivity contribution < 1.29 is 9.53 Å². The van der Waals surface area contributed by atoms with Crippen LogP contribution in [0.3, 0.4) is 0 Å². The van der Waals surface area contributed by atoms with E-state index in [0.29, 0.717) is 13.2 Å². The number of carbonyl (C=O) groups is 1. The minimum atomic E-state index is -0.463. The van der Waals surface area contributed by atoms with Crippen LogP contribution in [0.5, 0.6) is 0 Å². The molecule has 0 bridgehead atoms. The fourth-order valence-electron chi connectivity index (χ4n) is 2.47. The SMILES string of the molecule is CCCCCCCCCC1=C(C#N)C(=O)OCCN1C. The first kappa shape index (κ1) is 16.6. The normalized spacial score (nSPS) is 15.8. The highest BCUT2D eigenvalue weighted by Gasteiger charge is 2.22. The zero-order valence-corrected chi connectivity index (χ0v) is 12.8. The molecule has 1 aliphatic rings. The summed E-state index contributed by atoms with van der Waals surface area (Å²) in [5, 5.41) is 9.14. The second-order valence-electron chi connectivity index (χ2n) is 5.36. The van der Waals surface area contributed by atoms with E-state index < -0.39 is 5.97 Å². The lowest BCUT2D eigenvalue weighted by Gasteiger charge is -2.20. The summed E-state index contributed by atoms with van der Waals surface area (Å²) < 4.78 is 5.02. The summed E-state index contributed by atoms with van der Waals surface area (Å²) in [4.78, 5) is 13.7. The molecule has 0 atom stereocenters. The van der Waals surface area contributed by atoms with E-state index in [1.54, 1.807) is 0 Å². The van der Waals surface area contributed by atoms with Crippen LogP contribution in [0.15, 0.2) is 11.3 Å². The first-order valence-corrected chi connectivity index (χ1v) is 7.72. The van der Waals surface area contributed by atoms with Gasteiger partial charge >= 0.3 is 5.97 Å². The van der Waals surface area contributed by atoms with Gasteiger partial charge in [0.05, 0.1) is 6.54 Å². The van der Waals surface area contributed by atoms with E-state index in [-0.39, 0.29) is 5.57 Å². The summed E-state index contributed by atoms with van der Waals surface area (Å²) in [6.45, 7) is 3.25.